The summed E-state index contributed by atoms with van der Waals surface area (Å²) in [6, 6.07) is 0.536. The zero-order valence-electron chi connectivity index (χ0n) is 12.2. The van der Waals surface area contributed by atoms with E-state index in [1.165, 1.54) is 4.90 Å². The van der Waals surface area contributed by atoms with Gasteiger partial charge in [-0.25, -0.2) is 9.59 Å². The van der Waals surface area contributed by atoms with Crippen molar-refractivity contribution in [2.24, 2.45) is 0 Å². The van der Waals surface area contributed by atoms with Gasteiger partial charge in [-0.3, -0.25) is 0 Å². The van der Waals surface area contributed by atoms with E-state index in [-0.39, 0.29) is 12.1 Å². The van der Waals surface area contributed by atoms with E-state index in [0.717, 1.165) is 10.4 Å². The fraction of sp³-hybridized carbons (Fsp3) is 0.571. The number of hydrogen-bond donors (Lipinski definition) is 2. The number of nitrogens with zero attached hydrogens (tertiary/aromatic N) is 1. The first-order chi connectivity index (χ1) is 10.0. The summed E-state index contributed by atoms with van der Waals surface area (Å²) < 4.78 is 5.35. The van der Waals surface area contributed by atoms with E-state index in [4.69, 9.17) is 4.74 Å². The molecule has 1 aromatic rings. The van der Waals surface area contributed by atoms with Crippen molar-refractivity contribution in [2.45, 2.75) is 32.4 Å². The molecular weight excluding hydrogens is 292 g/mol. The van der Waals surface area contributed by atoms with Crippen LogP contribution in [-0.4, -0.2) is 47.8 Å². The Morgan fingerprint density at radius 3 is 3.05 bits per heavy atom. The molecule has 1 aromatic heterocycles. The summed E-state index contributed by atoms with van der Waals surface area (Å²) in [7, 11) is 0. The molecule has 2 rings (SSSR count). The van der Waals surface area contributed by atoms with Crippen LogP contribution in [0.4, 0.5) is 4.79 Å². The Hall–Kier alpha value is -1.60. The molecular formula is C14H20N2O4S. The minimum absolute atomic E-state index is 0.0938. The molecule has 0 aliphatic carbocycles. The smallest absolute Gasteiger partial charge is 0.331 e. The molecule has 0 saturated heterocycles. The molecule has 7 heteroatoms. The normalized spacial score (nSPS) is 19.0. The Morgan fingerprint density at radius 1 is 1.62 bits per heavy atom. The molecule has 2 atom stereocenters. The van der Waals surface area contributed by atoms with Crippen molar-refractivity contribution in [2.75, 3.05) is 19.7 Å². The molecule has 21 heavy (non-hydrogen) atoms. The van der Waals surface area contributed by atoms with Crippen molar-refractivity contribution < 1.29 is 19.4 Å². The SMILES string of the molecule is CCOC(C)CNC(=O)N1CCc2sccc2C1C(=O)O. The second-order valence-corrected chi connectivity index (χ2v) is 5.94. The van der Waals surface area contributed by atoms with Gasteiger partial charge in [0.2, 0.25) is 0 Å². The molecule has 0 bridgehead atoms. The average Bonchev–Trinajstić information content (AvgIpc) is 2.91. The highest BCUT2D eigenvalue weighted by molar-refractivity contribution is 7.10. The summed E-state index contributed by atoms with van der Waals surface area (Å²) in [6.45, 7) is 5.12. The molecule has 0 radical (unpaired) electrons. The summed E-state index contributed by atoms with van der Waals surface area (Å²) in [6.07, 6.45) is 0.606. The third-order valence-corrected chi connectivity index (χ3v) is 4.45. The summed E-state index contributed by atoms with van der Waals surface area (Å²) in [5.74, 6) is -0.998. The summed E-state index contributed by atoms with van der Waals surface area (Å²) in [5, 5.41) is 14.1. The Kier molecular flexibility index (Phi) is 5.19. The maximum absolute atomic E-state index is 12.3. The van der Waals surface area contributed by atoms with Crippen LogP contribution in [0.25, 0.3) is 0 Å². The van der Waals surface area contributed by atoms with E-state index in [1.54, 1.807) is 17.4 Å². The average molecular weight is 312 g/mol. The van der Waals surface area contributed by atoms with Gasteiger partial charge in [-0.2, -0.15) is 0 Å². The molecule has 0 spiro atoms. The first kappa shape index (κ1) is 15.8. The Labute approximate surface area is 127 Å². The number of rotatable bonds is 5. The van der Waals surface area contributed by atoms with Crippen LogP contribution < -0.4 is 5.32 Å². The van der Waals surface area contributed by atoms with Crippen molar-refractivity contribution in [3.05, 3.63) is 21.9 Å². The van der Waals surface area contributed by atoms with Gasteiger partial charge in [0, 0.05) is 24.6 Å². The molecule has 0 aromatic carbocycles. The van der Waals surface area contributed by atoms with Crippen LogP contribution in [0.3, 0.4) is 0 Å². The Morgan fingerprint density at radius 2 is 2.38 bits per heavy atom. The number of carbonyl (C=O) groups is 2. The highest BCUT2D eigenvalue weighted by atomic mass is 32.1. The number of fused-ring (bicyclic) bond motifs is 1. The van der Waals surface area contributed by atoms with Gasteiger partial charge in [0.1, 0.15) is 0 Å². The molecule has 0 fully saturated rings. The van der Waals surface area contributed by atoms with E-state index in [0.29, 0.717) is 26.1 Å². The number of carbonyl (C=O) groups excluding carboxylic acids is 1. The van der Waals surface area contributed by atoms with Crippen molar-refractivity contribution >= 4 is 23.3 Å². The Balaban J connectivity index is 2.05. The summed E-state index contributed by atoms with van der Waals surface area (Å²) in [4.78, 5) is 26.2. The van der Waals surface area contributed by atoms with E-state index < -0.39 is 12.0 Å². The lowest BCUT2D eigenvalue weighted by Crippen LogP contribution is -2.49. The highest BCUT2D eigenvalue weighted by Crippen LogP contribution is 2.33. The molecule has 6 nitrogen and oxygen atoms in total. The molecule has 1 aliphatic heterocycles. The molecule has 2 unspecified atom stereocenters. The van der Waals surface area contributed by atoms with Gasteiger partial charge in [-0.05, 0) is 37.3 Å². The van der Waals surface area contributed by atoms with Crippen molar-refractivity contribution in [1.82, 2.24) is 10.2 Å². The lowest BCUT2D eigenvalue weighted by molar-refractivity contribution is -0.142. The zero-order chi connectivity index (χ0) is 15.4. The lowest BCUT2D eigenvalue weighted by Gasteiger charge is -2.33. The number of thiophene rings is 1. The molecule has 116 valence electrons. The minimum atomic E-state index is -0.998. The predicted molar refractivity (Wildman–Crippen MR) is 79.6 cm³/mol. The van der Waals surface area contributed by atoms with Crippen LogP contribution in [0.1, 0.15) is 30.3 Å². The van der Waals surface area contributed by atoms with Crippen LogP contribution >= 0.6 is 11.3 Å². The van der Waals surface area contributed by atoms with E-state index >= 15 is 0 Å². The topological polar surface area (TPSA) is 78.9 Å². The number of nitrogens with one attached hydrogen (secondary N) is 1. The van der Waals surface area contributed by atoms with Gasteiger partial charge in [-0.1, -0.05) is 0 Å². The number of carboxylic acids is 1. The zero-order valence-corrected chi connectivity index (χ0v) is 13.0. The fourth-order valence-electron chi connectivity index (χ4n) is 2.48. The van der Waals surface area contributed by atoms with Crippen LogP contribution in [0.15, 0.2) is 11.4 Å². The monoisotopic (exact) mass is 312 g/mol. The standard InChI is InChI=1S/C14H20N2O4S/c1-3-20-9(2)8-15-14(19)16-6-4-11-10(5-7-21-11)12(16)13(17)18/h5,7,9,12H,3-4,6,8H2,1-2H3,(H,15,19)(H,17,18). The molecule has 1 aliphatic rings. The predicted octanol–water partition coefficient (Wildman–Crippen LogP) is 1.87. The summed E-state index contributed by atoms with van der Waals surface area (Å²) in [5.41, 5.74) is 0.728. The van der Waals surface area contributed by atoms with Gasteiger partial charge in [0.05, 0.1) is 6.10 Å². The van der Waals surface area contributed by atoms with Gasteiger partial charge in [0.25, 0.3) is 0 Å². The number of ether oxygens (including phenoxy) is 1. The van der Waals surface area contributed by atoms with E-state index in [9.17, 15) is 14.7 Å². The van der Waals surface area contributed by atoms with Crippen molar-refractivity contribution in [3.8, 4) is 0 Å². The third-order valence-electron chi connectivity index (χ3n) is 3.45. The molecule has 2 N–H and O–H groups in total. The quantitative estimate of drug-likeness (QED) is 0.870. The van der Waals surface area contributed by atoms with Crippen LogP contribution in [0.5, 0.6) is 0 Å². The van der Waals surface area contributed by atoms with Gasteiger partial charge < -0.3 is 20.1 Å². The van der Waals surface area contributed by atoms with Crippen molar-refractivity contribution in [3.63, 3.8) is 0 Å². The van der Waals surface area contributed by atoms with Crippen LogP contribution in [-0.2, 0) is 16.0 Å². The van der Waals surface area contributed by atoms with E-state index in [1.807, 2.05) is 19.2 Å². The molecule has 2 amide bonds. The molecule has 2 heterocycles. The second-order valence-electron chi connectivity index (χ2n) is 4.94. The fourth-order valence-corrected chi connectivity index (χ4v) is 3.38. The van der Waals surface area contributed by atoms with Crippen LogP contribution in [0.2, 0.25) is 0 Å². The lowest BCUT2D eigenvalue weighted by atomic mass is 10.0. The van der Waals surface area contributed by atoms with Gasteiger partial charge in [-0.15, -0.1) is 11.3 Å². The number of amides is 2. The Bertz CT molecular complexity index is 517. The van der Waals surface area contributed by atoms with Crippen molar-refractivity contribution in [1.29, 1.82) is 0 Å². The second kappa shape index (κ2) is 6.91. The number of hydrogen-bond acceptors (Lipinski definition) is 4. The maximum atomic E-state index is 12.3. The third kappa shape index (κ3) is 3.54. The first-order valence-electron chi connectivity index (χ1n) is 6.99. The minimum Gasteiger partial charge on any atom is -0.479 e. The van der Waals surface area contributed by atoms with Gasteiger partial charge in [0.15, 0.2) is 6.04 Å². The number of urea groups is 1. The van der Waals surface area contributed by atoms with E-state index in [2.05, 4.69) is 5.32 Å². The first-order valence-corrected chi connectivity index (χ1v) is 7.87. The summed E-state index contributed by atoms with van der Waals surface area (Å²) >= 11 is 1.54. The van der Waals surface area contributed by atoms with Gasteiger partial charge >= 0.3 is 12.0 Å². The number of aliphatic carboxylic acids is 1. The molecule has 0 saturated carbocycles. The highest BCUT2D eigenvalue weighted by Gasteiger charge is 2.36. The maximum Gasteiger partial charge on any atom is 0.331 e. The number of carboxylic acid groups (broad SMARTS) is 1. The largest absolute Gasteiger partial charge is 0.479 e. The van der Waals surface area contributed by atoms with Crippen LogP contribution in [0, 0.1) is 0 Å².